The van der Waals surface area contributed by atoms with E-state index in [0.29, 0.717) is 0 Å². The van der Waals surface area contributed by atoms with Gasteiger partial charge in [-0.25, -0.2) is 0 Å². The summed E-state index contributed by atoms with van der Waals surface area (Å²) < 4.78 is 28.5. The fraction of sp³-hybridized carbons (Fsp3) is 0. The Morgan fingerprint density at radius 3 is 1.26 bits per heavy atom. The van der Waals surface area contributed by atoms with Gasteiger partial charge in [0.05, 0.1) is 11.4 Å². The SMILES string of the molecule is c1ccc([Si](c2ccccc2)(c2ccccc2)c2ccc3c4c2Oc2cccc5c2B4c2c(cccc2[Si]52c4cccc5c4N4c6c(cccc6Oc6cccc2c64)O5)O3)cc1. The molecule has 62 heavy (non-hydrogen) atoms. The highest BCUT2D eigenvalue weighted by atomic mass is 28.3. The van der Waals surface area contributed by atoms with Gasteiger partial charge in [-0.3, -0.25) is 4.90 Å². The van der Waals surface area contributed by atoms with Crippen molar-refractivity contribution in [1.29, 1.82) is 0 Å². The average molecular weight is 826 g/mol. The Bertz CT molecular complexity index is 3260. The van der Waals surface area contributed by atoms with Crippen molar-refractivity contribution >= 4 is 97.8 Å². The van der Waals surface area contributed by atoms with Crippen molar-refractivity contribution < 1.29 is 18.9 Å². The molecule has 0 N–H and O–H groups in total. The maximum Gasteiger partial charge on any atom is 0.260 e. The molecule has 0 unspecified atom stereocenters. The molecule has 0 saturated carbocycles. The largest absolute Gasteiger partial charge is 0.458 e. The zero-order valence-corrected chi connectivity index (χ0v) is 35.1. The minimum atomic E-state index is -3.17. The van der Waals surface area contributed by atoms with Crippen LogP contribution in [0.1, 0.15) is 0 Å². The van der Waals surface area contributed by atoms with Gasteiger partial charge in [0, 0.05) is 5.46 Å². The smallest absolute Gasteiger partial charge is 0.260 e. The van der Waals surface area contributed by atoms with Crippen molar-refractivity contribution in [2.75, 3.05) is 4.90 Å². The molecular formula is C54H32BNO4Si2. The van der Waals surface area contributed by atoms with E-state index in [-0.39, 0.29) is 6.71 Å². The first-order valence-corrected chi connectivity index (χ1v) is 25.3. The molecule has 0 aliphatic carbocycles. The summed E-state index contributed by atoms with van der Waals surface area (Å²) in [5.41, 5.74) is 6.72. The van der Waals surface area contributed by atoms with Crippen LogP contribution in [-0.2, 0) is 0 Å². The van der Waals surface area contributed by atoms with Gasteiger partial charge in [-0.05, 0) is 94.9 Å². The van der Waals surface area contributed by atoms with Gasteiger partial charge in [0.25, 0.3) is 6.71 Å². The van der Waals surface area contributed by atoms with Crippen LogP contribution in [0.15, 0.2) is 194 Å². The molecule has 9 aromatic rings. The lowest BCUT2D eigenvalue weighted by molar-refractivity contribution is 0.446. The lowest BCUT2D eigenvalue weighted by Gasteiger charge is -2.52. The van der Waals surface area contributed by atoms with E-state index in [0.717, 1.165) is 68.5 Å². The number of hydrogen-bond acceptors (Lipinski definition) is 5. The highest BCUT2D eigenvalue weighted by Gasteiger charge is 2.61. The fourth-order valence-electron chi connectivity index (χ4n) is 12.2. The molecule has 8 heteroatoms. The average Bonchev–Trinajstić information content (AvgIpc) is 3.33. The van der Waals surface area contributed by atoms with Crippen LogP contribution in [0, 0.1) is 0 Å². The zero-order valence-electron chi connectivity index (χ0n) is 33.1. The van der Waals surface area contributed by atoms with Gasteiger partial charge in [0.15, 0.2) is 39.1 Å². The van der Waals surface area contributed by atoms with E-state index in [1.54, 1.807) is 0 Å². The van der Waals surface area contributed by atoms with Gasteiger partial charge < -0.3 is 18.9 Å². The molecule has 6 heterocycles. The second-order valence-electron chi connectivity index (χ2n) is 17.0. The van der Waals surface area contributed by atoms with Crippen LogP contribution in [0.25, 0.3) is 0 Å². The summed E-state index contributed by atoms with van der Waals surface area (Å²) in [4.78, 5) is 2.43. The molecule has 288 valence electrons. The van der Waals surface area contributed by atoms with E-state index >= 15 is 0 Å². The number of ether oxygens (including phenoxy) is 4. The van der Waals surface area contributed by atoms with Crippen LogP contribution in [0.4, 0.5) is 17.1 Å². The third-order valence-corrected chi connectivity index (χ3v) is 24.0. The second-order valence-corrected chi connectivity index (χ2v) is 24.4. The summed E-state index contributed by atoms with van der Waals surface area (Å²) in [6, 6.07) is 70.8. The molecule has 0 radical (unpaired) electrons. The molecular weight excluding hydrogens is 794 g/mol. The summed E-state index contributed by atoms with van der Waals surface area (Å²) in [6.07, 6.45) is 0. The van der Waals surface area contributed by atoms with E-state index in [1.165, 1.54) is 52.4 Å². The van der Waals surface area contributed by atoms with Crippen LogP contribution in [0.3, 0.4) is 0 Å². The standard InChI is InChI=1S/C54H32BNO4Si2/c1-4-15-33(16-5-1)61(34-17-6-2-7-18-34,35-19-8-3-9-20-35)47-32-31-38-50-54(47)60-37-22-12-28-44-49(37)55(50)48-36(57-38)21-11-27-43(48)62(44)45-29-13-25-41-52(45)56-51-39(58-41)23-10-24-40(51)59-42-26-14-30-46(62)53(42)56/h1-32H. The highest BCUT2D eigenvalue weighted by Crippen LogP contribution is 2.60. The molecule has 0 amide bonds. The maximum atomic E-state index is 7.63. The maximum absolute atomic E-state index is 7.63. The number of rotatable bonds is 4. The summed E-state index contributed by atoms with van der Waals surface area (Å²) in [6.45, 7) is -0.107. The van der Waals surface area contributed by atoms with Gasteiger partial charge in [0.2, 0.25) is 0 Å². The number of para-hydroxylation sites is 3. The Balaban J connectivity index is 1.06. The van der Waals surface area contributed by atoms with Gasteiger partial charge in [-0.2, -0.15) is 0 Å². The number of anilines is 3. The highest BCUT2D eigenvalue weighted by molar-refractivity contribution is 7.28. The molecule has 0 fully saturated rings. The zero-order chi connectivity index (χ0) is 40.3. The Morgan fingerprint density at radius 1 is 0.339 bits per heavy atom. The molecule has 9 aromatic carbocycles. The minimum Gasteiger partial charge on any atom is -0.458 e. The molecule has 1 spiro atoms. The molecule has 6 aliphatic heterocycles. The molecule has 6 aliphatic rings. The first kappa shape index (κ1) is 33.2. The van der Waals surface area contributed by atoms with Crippen molar-refractivity contribution in [3.8, 4) is 46.0 Å². The molecule has 0 aromatic heterocycles. The van der Waals surface area contributed by atoms with Crippen LogP contribution >= 0.6 is 0 Å². The number of hydrogen-bond donors (Lipinski definition) is 0. The predicted octanol–water partition coefficient (Wildman–Crippen LogP) is 5.48. The van der Waals surface area contributed by atoms with Crippen LogP contribution < -0.4 is 81.7 Å². The molecule has 0 saturated heterocycles. The van der Waals surface area contributed by atoms with Gasteiger partial charge >= 0.3 is 0 Å². The van der Waals surface area contributed by atoms with Crippen molar-refractivity contribution in [2.45, 2.75) is 0 Å². The molecule has 5 nitrogen and oxygen atoms in total. The van der Waals surface area contributed by atoms with Crippen LogP contribution in [-0.4, -0.2) is 22.9 Å². The first-order valence-electron chi connectivity index (χ1n) is 21.3. The van der Waals surface area contributed by atoms with Crippen molar-refractivity contribution in [1.82, 2.24) is 0 Å². The van der Waals surface area contributed by atoms with Gasteiger partial charge in [-0.15, -0.1) is 0 Å². The van der Waals surface area contributed by atoms with E-state index < -0.39 is 16.1 Å². The normalized spacial score (nSPS) is 15.0. The lowest BCUT2D eigenvalue weighted by Crippen LogP contribution is -2.88. The fourth-order valence-corrected chi connectivity index (χ4v) is 22.7. The van der Waals surface area contributed by atoms with Crippen molar-refractivity contribution in [3.63, 3.8) is 0 Å². The Labute approximate surface area is 360 Å². The summed E-state index contributed by atoms with van der Waals surface area (Å²) in [7, 11) is -6.18. The number of benzene rings is 9. The molecule has 15 rings (SSSR count). The van der Waals surface area contributed by atoms with Gasteiger partial charge in [-0.1, -0.05) is 152 Å². The number of nitrogens with zero attached hydrogens (tertiary/aromatic N) is 1. The Hall–Kier alpha value is -7.52. The number of fused-ring (bicyclic) bond motifs is 4. The van der Waals surface area contributed by atoms with Crippen LogP contribution in [0.2, 0.25) is 0 Å². The lowest BCUT2D eigenvalue weighted by atomic mass is 9.34. The third-order valence-electron chi connectivity index (χ3n) is 14.3. The monoisotopic (exact) mass is 825 g/mol. The predicted molar refractivity (Wildman–Crippen MR) is 253 cm³/mol. The van der Waals surface area contributed by atoms with E-state index in [2.05, 4.69) is 181 Å². The van der Waals surface area contributed by atoms with E-state index in [1.807, 2.05) is 18.2 Å². The minimum absolute atomic E-state index is 0.107. The Morgan fingerprint density at radius 2 is 0.742 bits per heavy atom. The van der Waals surface area contributed by atoms with Crippen LogP contribution in [0.5, 0.6) is 46.0 Å². The third kappa shape index (κ3) is 3.79. The Kier molecular flexibility index (Phi) is 6.24. The molecule has 0 bridgehead atoms. The summed E-state index contributed by atoms with van der Waals surface area (Å²) in [5.74, 6) is 6.87. The summed E-state index contributed by atoms with van der Waals surface area (Å²) >= 11 is 0. The quantitative estimate of drug-likeness (QED) is 0.174. The topological polar surface area (TPSA) is 40.2 Å². The van der Waals surface area contributed by atoms with Crippen molar-refractivity contribution in [2.24, 2.45) is 0 Å². The summed E-state index contributed by atoms with van der Waals surface area (Å²) in [5, 5.41) is 10.3. The van der Waals surface area contributed by atoms with E-state index in [9.17, 15) is 0 Å². The first-order chi connectivity index (χ1) is 30.8. The molecule has 0 atom stereocenters. The van der Waals surface area contributed by atoms with Gasteiger partial charge in [0.1, 0.15) is 28.7 Å². The van der Waals surface area contributed by atoms with E-state index in [4.69, 9.17) is 18.9 Å². The van der Waals surface area contributed by atoms with Crippen molar-refractivity contribution in [3.05, 3.63) is 194 Å². The second kappa shape index (κ2) is 11.6.